The number of hydrogen-bond acceptors (Lipinski definition) is 5. The number of hydrogen-bond donors (Lipinski definition) is 0. The predicted octanol–water partition coefficient (Wildman–Crippen LogP) is -1.39. The van der Waals surface area contributed by atoms with Gasteiger partial charge in [0, 0.05) is 4.90 Å². The van der Waals surface area contributed by atoms with E-state index in [-0.39, 0.29) is 35.3 Å². The molecule has 108 valence electrons. The van der Waals surface area contributed by atoms with Crippen LogP contribution in [0, 0.1) is 0 Å². The third-order valence-corrected chi connectivity index (χ3v) is 4.87. The summed E-state index contributed by atoms with van der Waals surface area (Å²) in [4.78, 5) is -0.693. The van der Waals surface area contributed by atoms with E-state index in [1.807, 2.05) is 4.13 Å². The summed E-state index contributed by atoms with van der Waals surface area (Å²) in [5.74, 6) is 0.248. The van der Waals surface area contributed by atoms with Gasteiger partial charge in [-0.05, 0) is 24.3 Å². The third-order valence-electron chi connectivity index (χ3n) is 1.85. The molecule has 0 amide bonds. The van der Waals surface area contributed by atoms with Crippen molar-refractivity contribution in [3.05, 3.63) is 28.4 Å². The van der Waals surface area contributed by atoms with Crippen molar-refractivity contribution in [3.63, 3.8) is 0 Å². The van der Waals surface area contributed by atoms with Gasteiger partial charge in [-0.3, -0.25) is 0 Å². The molecule has 0 aliphatic carbocycles. The number of alkyl halides is 3. The van der Waals surface area contributed by atoms with E-state index in [2.05, 4.69) is 0 Å². The van der Waals surface area contributed by atoms with Gasteiger partial charge in [-0.1, -0.05) is 0 Å². The maximum absolute atomic E-state index is 12.0. The maximum atomic E-state index is 12.0. The number of nitrogens with zero attached hydrogens (tertiary/aromatic N) is 1. The molecule has 0 aliphatic heterocycles. The van der Waals surface area contributed by atoms with Crippen molar-refractivity contribution in [1.29, 1.82) is 0 Å². The van der Waals surface area contributed by atoms with Crippen molar-refractivity contribution in [1.82, 2.24) is 0 Å². The molecule has 0 spiro atoms. The molecule has 1 rings (SSSR count). The van der Waals surface area contributed by atoms with Gasteiger partial charge in [0.1, 0.15) is 15.8 Å². The molecule has 12 heteroatoms. The summed E-state index contributed by atoms with van der Waals surface area (Å²) in [6.07, 6.45) is 0. The summed E-state index contributed by atoms with van der Waals surface area (Å²) in [7, 11) is -9.78. The van der Waals surface area contributed by atoms with Gasteiger partial charge in [-0.25, -0.2) is 16.8 Å². The largest absolute Gasteiger partial charge is 1.00 e. The first-order valence-corrected chi connectivity index (χ1v) is 7.32. The second-order valence-electron chi connectivity index (χ2n) is 3.15. The Morgan fingerprint density at radius 1 is 1.05 bits per heavy atom. The molecule has 0 radical (unpaired) electrons. The fourth-order valence-electron chi connectivity index (χ4n) is 0.962. The van der Waals surface area contributed by atoms with Crippen molar-refractivity contribution in [3.8, 4) is 5.75 Å². The zero-order valence-corrected chi connectivity index (χ0v) is 13.9. The number of methoxy groups -OCH3 is 1. The van der Waals surface area contributed by atoms with Gasteiger partial charge >= 0.3 is 35.1 Å². The standard InChI is InChI=1S/C8H7F3NO5S2.Na/c1-17-6-2-4-7(5-3-6)18(13,14)12-19(15,16)8(9,10)11;/h2-5H,1H3;/q-1;+1. The molecule has 6 nitrogen and oxygen atoms in total. The summed E-state index contributed by atoms with van der Waals surface area (Å²) in [5, 5.41) is 0. The normalized spacial score (nSPS) is 12.6. The zero-order valence-electron chi connectivity index (χ0n) is 10.2. The molecule has 0 bridgehead atoms. The zero-order chi connectivity index (χ0) is 14.9. The van der Waals surface area contributed by atoms with Crippen LogP contribution in [0.2, 0.25) is 0 Å². The van der Waals surface area contributed by atoms with Gasteiger partial charge in [0.15, 0.2) is 10.0 Å². The molecule has 0 N–H and O–H groups in total. The van der Waals surface area contributed by atoms with Crippen LogP contribution in [0.3, 0.4) is 0 Å². The van der Waals surface area contributed by atoms with E-state index in [0.29, 0.717) is 0 Å². The molecule has 0 aromatic heterocycles. The van der Waals surface area contributed by atoms with Crippen LogP contribution in [-0.2, 0) is 20.0 Å². The Balaban J connectivity index is 0.00000361. The Morgan fingerprint density at radius 3 is 1.85 bits per heavy atom. The number of rotatable bonds is 4. The Morgan fingerprint density at radius 2 is 1.50 bits per heavy atom. The van der Waals surface area contributed by atoms with Crippen LogP contribution in [0.25, 0.3) is 4.13 Å². The average Bonchev–Trinajstić information content (AvgIpc) is 2.26. The SMILES string of the molecule is COc1ccc(S(=O)(=O)[N-]S(=O)(=O)C(F)(F)F)cc1.[Na+]. The van der Waals surface area contributed by atoms with Crippen molar-refractivity contribution in [2.24, 2.45) is 0 Å². The molecule has 0 unspecified atom stereocenters. The van der Waals surface area contributed by atoms with Gasteiger partial charge in [-0.2, -0.15) is 13.2 Å². The Bertz CT molecular complexity index is 654. The van der Waals surface area contributed by atoms with E-state index in [1.54, 1.807) is 0 Å². The minimum Gasteiger partial charge on any atom is -0.497 e. The van der Waals surface area contributed by atoms with Crippen molar-refractivity contribution < 1.29 is 64.3 Å². The second kappa shape index (κ2) is 6.62. The second-order valence-corrected chi connectivity index (χ2v) is 6.58. The van der Waals surface area contributed by atoms with Gasteiger partial charge in [-0.15, -0.1) is 0 Å². The molecular formula is C8H7F3NNaO5S2. The van der Waals surface area contributed by atoms with Crippen molar-refractivity contribution in [2.75, 3.05) is 7.11 Å². The molecule has 1 aromatic carbocycles. The van der Waals surface area contributed by atoms with Gasteiger partial charge in [0.2, 0.25) is 0 Å². The summed E-state index contributed by atoms with van der Waals surface area (Å²) in [5.41, 5.74) is -5.77. The Labute approximate surface area is 135 Å². The van der Waals surface area contributed by atoms with Crippen molar-refractivity contribution in [2.45, 2.75) is 10.4 Å². The van der Waals surface area contributed by atoms with Crippen LogP contribution >= 0.6 is 0 Å². The van der Waals surface area contributed by atoms with E-state index in [9.17, 15) is 30.0 Å². The van der Waals surface area contributed by atoms with E-state index in [4.69, 9.17) is 4.74 Å². The summed E-state index contributed by atoms with van der Waals surface area (Å²) in [6.45, 7) is 0. The predicted molar refractivity (Wildman–Crippen MR) is 58.5 cm³/mol. The van der Waals surface area contributed by atoms with Crippen LogP contribution in [0.4, 0.5) is 13.2 Å². The summed E-state index contributed by atoms with van der Waals surface area (Å²) >= 11 is 0. The topological polar surface area (TPSA) is 91.6 Å². The first-order valence-electron chi connectivity index (χ1n) is 4.44. The Kier molecular flexibility index (Phi) is 6.51. The van der Waals surface area contributed by atoms with E-state index < -0.39 is 30.5 Å². The fraction of sp³-hybridized carbons (Fsp3) is 0.250. The molecule has 0 atom stereocenters. The number of benzene rings is 1. The first-order chi connectivity index (χ1) is 8.49. The molecular weight excluding hydrogens is 334 g/mol. The molecule has 0 saturated heterocycles. The molecule has 0 heterocycles. The minimum absolute atomic E-state index is 0. The monoisotopic (exact) mass is 341 g/mol. The molecule has 20 heavy (non-hydrogen) atoms. The average molecular weight is 341 g/mol. The maximum Gasteiger partial charge on any atom is 1.00 e. The summed E-state index contributed by atoms with van der Waals surface area (Å²) < 4.78 is 86.9. The third kappa shape index (κ3) is 4.60. The van der Waals surface area contributed by atoms with Crippen LogP contribution in [-0.4, -0.2) is 29.5 Å². The Hall–Kier alpha value is -0.330. The van der Waals surface area contributed by atoms with Gasteiger partial charge in [0.05, 0.1) is 7.11 Å². The van der Waals surface area contributed by atoms with E-state index in [0.717, 1.165) is 24.3 Å². The first kappa shape index (κ1) is 19.7. The number of ether oxygens (including phenoxy) is 1. The van der Waals surface area contributed by atoms with Gasteiger partial charge in [0.25, 0.3) is 0 Å². The van der Waals surface area contributed by atoms with Crippen LogP contribution in [0.5, 0.6) is 5.75 Å². The summed E-state index contributed by atoms with van der Waals surface area (Å²) in [6, 6.07) is 4.04. The minimum atomic E-state index is -6.11. The van der Waals surface area contributed by atoms with E-state index in [1.165, 1.54) is 7.11 Å². The molecule has 0 saturated carbocycles. The number of sulfonamides is 2. The van der Waals surface area contributed by atoms with Crippen LogP contribution < -0.4 is 34.3 Å². The molecule has 0 fully saturated rings. The smallest absolute Gasteiger partial charge is 0.497 e. The van der Waals surface area contributed by atoms with Crippen LogP contribution in [0.15, 0.2) is 29.2 Å². The molecule has 0 aliphatic rings. The van der Waals surface area contributed by atoms with Gasteiger partial charge < -0.3 is 8.86 Å². The fourth-order valence-corrected chi connectivity index (χ4v) is 3.16. The van der Waals surface area contributed by atoms with Crippen LogP contribution in [0.1, 0.15) is 0 Å². The number of halogens is 3. The van der Waals surface area contributed by atoms with Crippen molar-refractivity contribution >= 4 is 20.0 Å². The quantitative estimate of drug-likeness (QED) is 0.629. The molecule has 1 aromatic rings. The van der Waals surface area contributed by atoms with E-state index >= 15 is 0 Å².